The Bertz CT molecular complexity index is 2750. The summed E-state index contributed by atoms with van der Waals surface area (Å²) in [5.41, 5.74) is 11.9. The first kappa shape index (κ1) is 29.1. The van der Waals surface area contributed by atoms with Crippen molar-refractivity contribution in [3.63, 3.8) is 0 Å². The van der Waals surface area contributed by atoms with E-state index in [2.05, 4.69) is 152 Å². The first-order chi connectivity index (χ1) is 25.2. The van der Waals surface area contributed by atoms with Crippen molar-refractivity contribution >= 4 is 21.5 Å². The molecule has 0 aliphatic carbocycles. The number of nitrogens with zero attached hydrogens (tertiary/aromatic N) is 2. The van der Waals surface area contributed by atoms with Crippen molar-refractivity contribution in [3.05, 3.63) is 182 Å². The first-order valence-electron chi connectivity index (χ1n) is 17.2. The minimum absolute atomic E-state index is 0.709. The Kier molecular flexibility index (Phi) is 6.81. The van der Waals surface area contributed by atoms with Gasteiger partial charge in [-0.15, -0.1) is 0 Å². The fourth-order valence-corrected chi connectivity index (χ4v) is 7.25. The molecule has 10 rings (SSSR count). The van der Waals surface area contributed by atoms with E-state index in [4.69, 9.17) is 14.7 Å². The molecule has 0 bridgehead atoms. The van der Waals surface area contributed by atoms with Crippen LogP contribution in [0.3, 0.4) is 0 Å². The summed E-state index contributed by atoms with van der Waals surface area (Å²) in [5, 5.41) is 4.69. The van der Waals surface area contributed by atoms with E-state index in [0.717, 1.165) is 56.1 Å². The lowest BCUT2D eigenvalue weighted by Gasteiger charge is -2.22. The molecular weight excluding hydrogens is 621 g/mol. The predicted octanol–water partition coefficient (Wildman–Crippen LogP) is 12.9. The van der Waals surface area contributed by atoms with Gasteiger partial charge in [-0.1, -0.05) is 146 Å². The summed E-state index contributed by atoms with van der Waals surface area (Å²) in [6, 6.07) is 63.9. The summed E-state index contributed by atoms with van der Waals surface area (Å²) in [4.78, 5) is 10.1. The van der Waals surface area contributed by atoms with E-state index in [1.807, 2.05) is 30.3 Å². The summed E-state index contributed by atoms with van der Waals surface area (Å²) in [6.07, 6.45) is 0. The molecule has 3 nitrogen and oxygen atoms in total. The van der Waals surface area contributed by atoms with Crippen LogP contribution in [0.15, 0.2) is 182 Å². The molecule has 1 aliphatic rings. The van der Waals surface area contributed by atoms with E-state index in [-0.39, 0.29) is 0 Å². The van der Waals surface area contributed by atoms with E-state index < -0.39 is 0 Å². The second-order valence-corrected chi connectivity index (χ2v) is 13.0. The third-order valence-electron chi connectivity index (χ3n) is 9.87. The van der Waals surface area contributed by atoms with E-state index in [9.17, 15) is 0 Å². The molecule has 3 heteroatoms. The Balaban J connectivity index is 1.02. The number of hydrogen-bond acceptors (Lipinski definition) is 3. The third-order valence-corrected chi connectivity index (χ3v) is 9.87. The SMILES string of the molecule is c1ccc(-c2ccc(-c3cc(-c4ccc5cc(-c6ccc7c(c6)-c6cccc8cccc(c68)O7)ccc5c4)nc(-c4ccccc4)n3)cc2)cc1. The zero-order chi connectivity index (χ0) is 33.7. The second-order valence-electron chi connectivity index (χ2n) is 13.0. The van der Waals surface area contributed by atoms with Gasteiger partial charge < -0.3 is 4.74 Å². The monoisotopic (exact) mass is 650 g/mol. The van der Waals surface area contributed by atoms with Crippen LogP contribution in [0.2, 0.25) is 0 Å². The summed E-state index contributed by atoms with van der Waals surface area (Å²) >= 11 is 0. The van der Waals surface area contributed by atoms with Crippen LogP contribution in [0.4, 0.5) is 0 Å². The molecule has 0 radical (unpaired) electrons. The summed E-state index contributed by atoms with van der Waals surface area (Å²) in [7, 11) is 0. The molecule has 0 unspecified atom stereocenters. The van der Waals surface area contributed by atoms with Gasteiger partial charge in [-0.05, 0) is 80.4 Å². The maximum Gasteiger partial charge on any atom is 0.160 e. The Labute approximate surface area is 296 Å². The highest BCUT2D eigenvalue weighted by Crippen LogP contribution is 2.47. The van der Waals surface area contributed by atoms with Crippen molar-refractivity contribution in [2.45, 2.75) is 0 Å². The molecule has 0 saturated carbocycles. The fourth-order valence-electron chi connectivity index (χ4n) is 7.25. The molecule has 0 atom stereocenters. The first-order valence-corrected chi connectivity index (χ1v) is 17.2. The van der Waals surface area contributed by atoms with E-state index in [1.165, 1.54) is 38.4 Å². The van der Waals surface area contributed by atoms with Crippen molar-refractivity contribution in [3.8, 4) is 78.8 Å². The zero-order valence-electron chi connectivity index (χ0n) is 27.6. The van der Waals surface area contributed by atoms with Crippen molar-refractivity contribution < 1.29 is 4.74 Å². The molecule has 0 amide bonds. The van der Waals surface area contributed by atoms with E-state index in [0.29, 0.717) is 5.82 Å². The quantitative estimate of drug-likeness (QED) is 0.186. The van der Waals surface area contributed by atoms with Crippen molar-refractivity contribution in [2.75, 3.05) is 0 Å². The average molecular weight is 651 g/mol. The van der Waals surface area contributed by atoms with Crippen LogP contribution in [0, 0.1) is 0 Å². The van der Waals surface area contributed by atoms with Gasteiger partial charge in [0.1, 0.15) is 11.5 Å². The molecule has 0 N–H and O–H groups in total. The van der Waals surface area contributed by atoms with Crippen molar-refractivity contribution in [2.24, 2.45) is 0 Å². The van der Waals surface area contributed by atoms with Gasteiger partial charge in [0, 0.05) is 27.6 Å². The molecule has 9 aromatic rings. The third kappa shape index (κ3) is 5.24. The second kappa shape index (κ2) is 11.9. The van der Waals surface area contributed by atoms with Gasteiger partial charge in [-0.25, -0.2) is 9.97 Å². The van der Waals surface area contributed by atoms with Gasteiger partial charge in [0.15, 0.2) is 5.82 Å². The molecule has 0 fully saturated rings. The van der Waals surface area contributed by atoms with Crippen LogP contribution in [-0.2, 0) is 0 Å². The molecule has 1 aliphatic heterocycles. The Morgan fingerprint density at radius 2 is 0.882 bits per heavy atom. The highest BCUT2D eigenvalue weighted by molar-refractivity contribution is 6.04. The average Bonchev–Trinajstić information content (AvgIpc) is 3.21. The Morgan fingerprint density at radius 3 is 1.65 bits per heavy atom. The minimum Gasteiger partial charge on any atom is -0.456 e. The van der Waals surface area contributed by atoms with Crippen LogP contribution in [0.1, 0.15) is 0 Å². The maximum atomic E-state index is 6.35. The topological polar surface area (TPSA) is 35.0 Å². The predicted molar refractivity (Wildman–Crippen MR) is 210 cm³/mol. The van der Waals surface area contributed by atoms with Crippen LogP contribution in [-0.4, -0.2) is 9.97 Å². The smallest absolute Gasteiger partial charge is 0.160 e. The highest BCUT2D eigenvalue weighted by Gasteiger charge is 2.20. The van der Waals surface area contributed by atoms with Gasteiger partial charge in [0.2, 0.25) is 0 Å². The van der Waals surface area contributed by atoms with Crippen LogP contribution in [0.25, 0.3) is 88.8 Å². The summed E-state index contributed by atoms with van der Waals surface area (Å²) in [6.45, 7) is 0. The lowest BCUT2D eigenvalue weighted by atomic mass is 9.92. The normalized spacial score (nSPS) is 11.7. The summed E-state index contributed by atoms with van der Waals surface area (Å²) < 4.78 is 6.35. The molecule has 2 heterocycles. The Morgan fingerprint density at radius 1 is 0.314 bits per heavy atom. The van der Waals surface area contributed by atoms with Crippen LogP contribution < -0.4 is 4.74 Å². The lowest BCUT2D eigenvalue weighted by molar-refractivity contribution is 0.487. The molecule has 1 aromatic heterocycles. The van der Waals surface area contributed by atoms with Gasteiger partial charge in [-0.2, -0.15) is 0 Å². The number of hydrogen-bond donors (Lipinski definition) is 0. The number of aromatic nitrogens is 2. The summed E-state index contributed by atoms with van der Waals surface area (Å²) in [5.74, 6) is 2.51. The van der Waals surface area contributed by atoms with Crippen LogP contribution in [0.5, 0.6) is 11.5 Å². The van der Waals surface area contributed by atoms with Gasteiger partial charge in [0.25, 0.3) is 0 Å². The number of ether oxygens (including phenoxy) is 1. The van der Waals surface area contributed by atoms with E-state index in [1.54, 1.807) is 0 Å². The molecular formula is C48H30N2O. The molecule has 0 spiro atoms. The highest BCUT2D eigenvalue weighted by atomic mass is 16.5. The van der Waals surface area contributed by atoms with Crippen molar-refractivity contribution in [1.29, 1.82) is 0 Å². The standard InChI is InChI=1S/C48H30N2O/c1-3-9-31(10-4-1)32-17-19-33(20-18-32)43-30-44(50-48(49-43)35-11-5-2-6-12-35)40-24-23-36-27-37(21-22-38(36)28-40)39-25-26-45-42(29-39)41-15-7-13-34-14-8-16-46(51-45)47(34)41/h1-30H. The number of fused-ring (bicyclic) bond motifs is 3. The van der Waals surface area contributed by atoms with E-state index >= 15 is 0 Å². The zero-order valence-corrected chi connectivity index (χ0v) is 27.6. The fraction of sp³-hybridized carbons (Fsp3) is 0. The molecule has 51 heavy (non-hydrogen) atoms. The van der Waals surface area contributed by atoms with Gasteiger partial charge >= 0.3 is 0 Å². The molecule has 238 valence electrons. The van der Waals surface area contributed by atoms with Crippen molar-refractivity contribution in [1.82, 2.24) is 9.97 Å². The number of benzene rings is 8. The largest absolute Gasteiger partial charge is 0.456 e. The lowest BCUT2D eigenvalue weighted by Crippen LogP contribution is -1.97. The molecule has 0 saturated heterocycles. The Hall–Kier alpha value is -6.84. The van der Waals surface area contributed by atoms with Crippen LogP contribution >= 0.6 is 0 Å². The minimum atomic E-state index is 0.709. The van der Waals surface area contributed by atoms with Gasteiger partial charge in [0.05, 0.1) is 11.4 Å². The molecule has 8 aromatic carbocycles. The number of rotatable bonds is 5. The maximum absolute atomic E-state index is 6.35. The van der Waals surface area contributed by atoms with Gasteiger partial charge in [-0.3, -0.25) is 0 Å².